The largest absolute Gasteiger partial charge is 0.492 e. The highest BCUT2D eigenvalue weighted by Gasteiger charge is 2.25. The standard InChI is InChI=1S/C23H32N4O2/c28-23(11-8-18-5-2-1-3-6-18)27-14-4-7-19(16-27)17-29-20-9-10-21(24-15-20)22-12-13-25-26-22/h9-10,12-13,15,18-19H,1-8,11,14,16-17H2,(H,25,26)/t19-/m1/s1. The molecule has 1 aliphatic carbocycles. The van der Waals surface area contributed by atoms with Gasteiger partial charge in [0.15, 0.2) is 0 Å². The molecule has 0 bridgehead atoms. The Hall–Kier alpha value is -2.37. The number of carbonyl (C=O) groups excluding carboxylic acids is 1. The van der Waals surface area contributed by atoms with Crippen molar-refractivity contribution in [3.63, 3.8) is 0 Å². The first-order valence-corrected chi connectivity index (χ1v) is 11.1. The van der Waals surface area contributed by atoms with Crippen molar-refractivity contribution < 1.29 is 9.53 Å². The third-order valence-corrected chi connectivity index (χ3v) is 6.36. The fourth-order valence-electron chi connectivity index (χ4n) is 4.63. The van der Waals surface area contributed by atoms with E-state index in [1.165, 1.54) is 32.1 Å². The Morgan fingerprint density at radius 2 is 1.97 bits per heavy atom. The Kier molecular flexibility index (Phi) is 6.80. The van der Waals surface area contributed by atoms with Crippen LogP contribution in [-0.2, 0) is 4.79 Å². The van der Waals surface area contributed by atoms with Crippen molar-refractivity contribution in [2.75, 3.05) is 19.7 Å². The lowest BCUT2D eigenvalue weighted by Gasteiger charge is -2.33. The van der Waals surface area contributed by atoms with Gasteiger partial charge in [0.05, 0.1) is 24.2 Å². The average Bonchev–Trinajstić information content (AvgIpc) is 3.32. The Morgan fingerprint density at radius 3 is 2.72 bits per heavy atom. The normalized spacial score (nSPS) is 20.6. The topological polar surface area (TPSA) is 71.1 Å². The van der Waals surface area contributed by atoms with Crippen LogP contribution in [0.15, 0.2) is 30.6 Å². The number of hydrogen-bond acceptors (Lipinski definition) is 4. The number of pyridine rings is 1. The summed E-state index contributed by atoms with van der Waals surface area (Å²) in [6.45, 7) is 2.36. The number of nitrogens with zero attached hydrogens (tertiary/aromatic N) is 3. The molecule has 29 heavy (non-hydrogen) atoms. The van der Waals surface area contributed by atoms with Crippen LogP contribution in [0.25, 0.3) is 11.4 Å². The number of aromatic nitrogens is 3. The second kappa shape index (κ2) is 9.90. The smallest absolute Gasteiger partial charge is 0.222 e. The minimum absolute atomic E-state index is 0.339. The van der Waals surface area contributed by atoms with E-state index in [4.69, 9.17) is 4.74 Å². The SMILES string of the molecule is O=C(CCC1CCCCC1)N1CCC[C@@H](COc2ccc(-c3ccn[nH]3)nc2)C1. The van der Waals surface area contributed by atoms with Crippen LogP contribution in [0.1, 0.15) is 57.8 Å². The van der Waals surface area contributed by atoms with E-state index in [-0.39, 0.29) is 0 Å². The summed E-state index contributed by atoms with van der Waals surface area (Å²) in [5, 5.41) is 6.86. The van der Waals surface area contributed by atoms with E-state index in [0.29, 0.717) is 18.4 Å². The predicted octanol–water partition coefficient (Wildman–Crippen LogP) is 4.45. The van der Waals surface area contributed by atoms with Crippen molar-refractivity contribution in [2.45, 2.75) is 57.8 Å². The van der Waals surface area contributed by atoms with E-state index in [2.05, 4.69) is 20.1 Å². The number of likely N-dealkylation sites (tertiary alicyclic amines) is 1. The maximum atomic E-state index is 12.7. The molecule has 2 fully saturated rings. The monoisotopic (exact) mass is 396 g/mol. The third-order valence-electron chi connectivity index (χ3n) is 6.36. The lowest BCUT2D eigenvalue weighted by molar-refractivity contribution is -0.133. The maximum absolute atomic E-state index is 12.7. The zero-order chi connectivity index (χ0) is 19.9. The summed E-state index contributed by atoms with van der Waals surface area (Å²) in [5.41, 5.74) is 1.74. The Labute approximate surface area is 173 Å². The molecular weight excluding hydrogens is 364 g/mol. The first-order valence-electron chi connectivity index (χ1n) is 11.1. The Balaban J connectivity index is 1.21. The highest BCUT2D eigenvalue weighted by Crippen LogP contribution is 2.28. The van der Waals surface area contributed by atoms with Gasteiger partial charge in [-0.2, -0.15) is 5.10 Å². The lowest BCUT2D eigenvalue weighted by Crippen LogP contribution is -2.41. The molecule has 0 radical (unpaired) electrons. The Bertz CT molecular complexity index is 754. The molecule has 1 saturated heterocycles. The van der Waals surface area contributed by atoms with Gasteiger partial charge in [-0.15, -0.1) is 0 Å². The molecule has 1 aliphatic heterocycles. The van der Waals surface area contributed by atoms with E-state index in [1.54, 1.807) is 12.4 Å². The number of aromatic amines is 1. The molecule has 4 rings (SSSR count). The average molecular weight is 397 g/mol. The number of carbonyl (C=O) groups is 1. The van der Waals surface area contributed by atoms with Crippen LogP contribution in [0.2, 0.25) is 0 Å². The second-order valence-electron chi connectivity index (χ2n) is 8.55. The van der Waals surface area contributed by atoms with Gasteiger partial charge in [0.2, 0.25) is 5.91 Å². The van der Waals surface area contributed by atoms with E-state index in [1.807, 2.05) is 18.2 Å². The fourth-order valence-corrected chi connectivity index (χ4v) is 4.63. The van der Waals surface area contributed by atoms with E-state index >= 15 is 0 Å². The summed E-state index contributed by atoms with van der Waals surface area (Å²) in [7, 11) is 0. The van der Waals surface area contributed by atoms with Gasteiger partial charge in [-0.1, -0.05) is 32.1 Å². The van der Waals surface area contributed by atoms with E-state index < -0.39 is 0 Å². The highest BCUT2D eigenvalue weighted by atomic mass is 16.5. The van der Waals surface area contributed by atoms with Crippen LogP contribution in [-0.4, -0.2) is 45.7 Å². The van der Waals surface area contributed by atoms with Crippen LogP contribution in [0, 0.1) is 11.8 Å². The van der Waals surface area contributed by atoms with Gasteiger partial charge in [-0.25, -0.2) is 0 Å². The molecule has 2 aromatic heterocycles. The van der Waals surface area contributed by atoms with Crippen LogP contribution < -0.4 is 4.74 Å². The minimum atomic E-state index is 0.339. The van der Waals surface area contributed by atoms with Crippen molar-refractivity contribution in [3.8, 4) is 17.1 Å². The molecule has 3 heterocycles. The summed E-state index contributed by atoms with van der Waals surface area (Å²) in [6, 6.07) is 5.77. The molecule has 2 aromatic rings. The van der Waals surface area contributed by atoms with Crippen LogP contribution >= 0.6 is 0 Å². The summed E-state index contributed by atoms with van der Waals surface area (Å²) in [6.07, 6.45) is 14.2. The number of H-pyrrole nitrogens is 1. The van der Waals surface area contributed by atoms with Crippen LogP contribution in [0.4, 0.5) is 0 Å². The molecule has 156 valence electrons. The van der Waals surface area contributed by atoms with Gasteiger partial charge in [0.1, 0.15) is 5.75 Å². The second-order valence-corrected chi connectivity index (χ2v) is 8.55. The van der Waals surface area contributed by atoms with Crippen LogP contribution in [0.3, 0.4) is 0 Å². The summed E-state index contributed by atoms with van der Waals surface area (Å²) >= 11 is 0. The first kappa shape index (κ1) is 19.9. The zero-order valence-corrected chi connectivity index (χ0v) is 17.2. The molecule has 6 heteroatoms. The van der Waals surface area contributed by atoms with Gasteiger partial charge in [-0.05, 0) is 43.4 Å². The number of ether oxygens (including phenoxy) is 1. The number of rotatable bonds is 7. The highest BCUT2D eigenvalue weighted by molar-refractivity contribution is 5.76. The molecule has 1 amide bonds. The summed E-state index contributed by atoms with van der Waals surface area (Å²) in [5.74, 6) is 2.28. The third kappa shape index (κ3) is 5.58. The molecule has 0 spiro atoms. The zero-order valence-electron chi connectivity index (χ0n) is 17.2. The predicted molar refractivity (Wildman–Crippen MR) is 112 cm³/mol. The number of amides is 1. The van der Waals surface area contributed by atoms with Gasteiger partial charge in [-0.3, -0.25) is 14.9 Å². The molecule has 2 aliphatic rings. The first-order chi connectivity index (χ1) is 14.3. The fraction of sp³-hybridized carbons (Fsp3) is 0.609. The van der Waals surface area contributed by atoms with Gasteiger partial charge in [0, 0.05) is 31.6 Å². The summed E-state index contributed by atoms with van der Waals surface area (Å²) in [4.78, 5) is 19.2. The maximum Gasteiger partial charge on any atom is 0.222 e. The number of piperidine rings is 1. The van der Waals surface area contributed by atoms with E-state index in [0.717, 1.165) is 61.8 Å². The minimum Gasteiger partial charge on any atom is -0.492 e. The molecule has 1 N–H and O–H groups in total. The number of nitrogens with one attached hydrogen (secondary N) is 1. The van der Waals surface area contributed by atoms with Gasteiger partial charge < -0.3 is 9.64 Å². The van der Waals surface area contributed by atoms with E-state index in [9.17, 15) is 4.79 Å². The molecule has 1 saturated carbocycles. The van der Waals surface area contributed by atoms with Crippen LogP contribution in [0.5, 0.6) is 5.75 Å². The van der Waals surface area contributed by atoms with Crippen molar-refractivity contribution >= 4 is 5.91 Å². The van der Waals surface area contributed by atoms with Crippen molar-refractivity contribution in [3.05, 3.63) is 30.6 Å². The van der Waals surface area contributed by atoms with Crippen molar-refractivity contribution in [1.29, 1.82) is 0 Å². The molecular formula is C23H32N4O2. The molecule has 1 atom stereocenters. The quantitative estimate of drug-likeness (QED) is 0.750. The number of hydrogen-bond donors (Lipinski definition) is 1. The summed E-state index contributed by atoms with van der Waals surface area (Å²) < 4.78 is 5.97. The Morgan fingerprint density at radius 1 is 1.10 bits per heavy atom. The molecule has 6 nitrogen and oxygen atoms in total. The van der Waals surface area contributed by atoms with Crippen molar-refractivity contribution in [1.82, 2.24) is 20.1 Å². The lowest BCUT2D eigenvalue weighted by atomic mass is 9.86. The van der Waals surface area contributed by atoms with Gasteiger partial charge >= 0.3 is 0 Å². The molecule has 0 unspecified atom stereocenters. The molecule has 0 aromatic carbocycles. The van der Waals surface area contributed by atoms with Crippen molar-refractivity contribution in [2.24, 2.45) is 11.8 Å². The van der Waals surface area contributed by atoms with Gasteiger partial charge in [0.25, 0.3) is 0 Å².